The predicted octanol–water partition coefficient (Wildman–Crippen LogP) is 2.57. The fourth-order valence-electron chi connectivity index (χ4n) is 4.70. The maximum absolute atomic E-state index is 13.0. The van der Waals surface area contributed by atoms with Crippen molar-refractivity contribution in [2.24, 2.45) is 11.8 Å². The van der Waals surface area contributed by atoms with Crippen LogP contribution < -0.4 is 10.1 Å². The summed E-state index contributed by atoms with van der Waals surface area (Å²) in [6.07, 6.45) is 5.54. The zero-order chi connectivity index (χ0) is 16.6. The molecular weight excluding hydrogens is 300 g/mol. The molecule has 1 saturated carbocycles. The summed E-state index contributed by atoms with van der Waals surface area (Å²) in [7, 11) is 2.01. The molecule has 0 radical (unpaired) electrons. The molecule has 2 heterocycles. The van der Waals surface area contributed by atoms with E-state index in [4.69, 9.17) is 4.74 Å². The van der Waals surface area contributed by atoms with Crippen LogP contribution in [0.2, 0.25) is 0 Å². The maximum Gasteiger partial charge on any atom is 0.226 e. The van der Waals surface area contributed by atoms with Crippen LogP contribution in [0, 0.1) is 11.8 Å². The van der Waals surface area contributed by atoms with E-state index >= 15 is 0 Å². The van der Waals surface area contributed by atoms with Crippen LogP contribution in [0.1, 0.15) is 37.7 Å². The van der Waals surface area contributed by atoms with Gasteiger partial charge in [0.1, 0.15) is 5.75 Å². The molecule has 130 valence electrons. The average Bonchev–Trinajstić information content (AvgIpc) is 3.35. The van der Waals surface area contributed by atoms with Crippen LogP contribution in [0.5, 0.6) is 5.75 Å². The number of likely N-dealkylation sites (tertiary alicyclic amines) is 1. The van der Waals surface area contributed by atoms with Crippen molar-refractivity contribution in [3.8, 4) is 5.75 Å². The molecule has 4 nitrogen and oxygen atoms in total. The molecular formula is C20H28N2O2. The SMILES string of the molecule is CNCCC1CCN(C(=O)C2CC23CCOc2ccccc23)CC1. The molecule has 1 amide bonds. The largest absolute Gasteiger partial charge is 0.493 e. The molecule has 1 aliphatic carbocycles. The number of carbonyl (C=O) groups excluding carboxylic acids is 1. The highest BCUT2D eigenvalue weighted by molar-refractivity contribution is 5.85. The van der Waals surface area contributed by atoms with E-state index in [-0.39, 0.29) is 11.3 Å². The van der Waals surface area contributed by atoms with Gasteiger partial charge in [0.25, 0.3) is 0 Å². The molecule has 2 unspecified atom stereocenters. The fourth-order valence-corrected chi connectivity index (χ4v) is 4.70. The Hall–Kier alpha value is -1.55. The second kappa shape index (κ2) is 6.40. The average molecular weight is 328 g/mol. The van der Waals surface area contributed by atoms with E-state index in [1.165, 1.54) is 12.0 Å². The van der Waals surface area contributed by atoms with Gasteiger partial charge in [0.05, 0.1) is 6.61 Å². The third-order valence-corrected chi connectivity index (χ3v) is 6.33. The standard InChI is InChI=1S/C20H28N2O2/c1-21-10-6-15-7-11-22(12-8-15)19(23)17-14-20(17)9-13-24-18-5-3-2-4-16(18)20/h2-5,15,17,21H,6-14H2,1H3. The van der Waals surface area contributed by atoms with Crippen LogP contribution >= 0.6 is 0 Å². The summed E-state index contributed by atoms with van der Waals surface area (Å²) in [6.45, 7) is 3.71. The summed E-state index contributed by atoms with van der Waals surface area (Å²) in [4.78, 5) is 15.2. The normalized spacial score (nSPS) is 29.2. The van der Waals surface area contributed by atoms with Gasteiger partial charge in [-0.25, -0.2) is 0 Å². The summed E-state index contributed by atoms with van der Waals surface area (Å²) in [5.74, 6) is 2.33. The Kier molecular flexibility index (Phi) is 4.25. The minimum Gasteiger partial charge on any atom is -0.493 e. The number of rotatable bonds is 4. The first kappa shape index (κ1) is 15.9. The number of carbonyl (C=O) groups is 1. The van der Waals surface area contributed by atoms with Crippen LogP contribution in [0.25, 0.3) is 0 Å². The minimum atomic E-state index is 0.0644. The lowest BCUT2D eigenvalue weighted by molar-refractivity contribution is -0.134. The smallest absolute Gasteiger partial charge is 0.226 e. The van der Waals surface area contributed by atoms with Gasteiger partial charge in [0.2, 0.25) is 5.91 Å². The number of amides is 1. The quantitative estimate of drug-likeness (QED) is 0.924. The van der Waals surface area contributed by atoms with Crippen molar-refractivity contribution in [2.75, 3.05) is 33.3 Å². The summed E-state index contributed by atoms with van der Waals surface area (Å²) >= 11 is 0. The Labute approximate surface area is 144 Å². The van der Waals surface area contributed by atoms with Crippen molar-refractivity contribution < 1.29 is 9.53 Å². The molecule has 4 rings (SSSR count). The number of para-hydroxylation sites is 1. The van der Waals surface area contributed by atoms with Gasteiger partial charge in [-0.3, -0.25) is 4.79 Å². The number of piperidine rings is 1. The first-order chi connectivity index (χ1) is 11.7. The molecule has 1 saturated heterocycles. The number of ether oxygens (including phenoxy) is 1. The highest BCUT2D eigenvalue weighted by atomic mass is 16.5. The Balaban J connectivity index is 1.40. The lowest BCUT2D eigenvalue weighted by Crippen LogP contribution is -2.41. The highest BCUT2D eigenvalue weighted by Crippen LogP contribution is 2.61. The number of nitrogens with one attached hydrogen (secondary N) is 1. The maximum atomic E-state index is 13.0. The minimum absolute atomic E-state index is 0.0644. The van der Waals surface area contributed by atoms with E-state index in [2.05, 4.69) is 22.3 Å². The number of hydrogen-bond donors (Lipinski definition) is 1. The van der Waals surface area contributed by atoms with E-state index < -0.39 is 0 Å². The third-order valence-electron chi connectivity index (χ3n) is 6.33. The Morgan fingerprint density at radius 2 is 2.12 bits per heavy atom. The van der Waals surface area contributed by atoms with Crippen LogP contribution in [0.15, 0.2) is 24.3 Å². The van der Waals surface area contributed by atoms with Gasteiger partial charge in [0.15, 0.2) is 0 Å². The Morgan fingerprint density at radius 3 is 2.92 bits per heavy atom. The van der Waals surface area contributed by atoms with E-state index in [1.807, 2.05) is 19.2 Å². The monoisotopic (exact) mass is 328 g/mol. The van der Waals surface area contributed by atoms with Gasteiger partial charge >= 0.3 is 0 Å². The molecule has 1 aromatic rings. The highest BCUT2D eigenvalue weighted by Gasteiger charge is 2.61. The number of nitrogens with zero attached hydrogens (tertiary/aromatic N) is 1. The van der Waals surface area contributed by atoms with Crippen molar-refractivity contribution in [1.29, 1.82) is 0 Å². The molecule has 1 aromatic carbocycles. The van der Waals surface area contributed by atoms with Crippen LogP contribution in [-0.4, -0.2) is 44.1 Å². The molecule has 2 aliphatic heterocycles. The molecule has 2 atom stereocenters. The first-order valence-corrected chi connectivity index (χ1v) is 9.40. The lowest BCUT2D eigenvalue weighted by atomic mass is 9.87. The second-order valence-corrected chi connectivity index (χ2v) is 7.67. The van der Waals surface area contributed by atoms with E-state index in [9.17, 15) is 4.79 Å². The van der Waals surface area contributed by atoms with Gasteiger partial charge in [-0.15, -0.1) is 0 Å². The Morgan fingerprint density at radius 1 is 1.33 bits per heavy atom. The van der Waals surface area contributed by atoms with Crippen molar-refractivity contribution >= 4 is 5.91 Å². The number of benzene rings is 1. The first-order valence-electron chi connectivity index (χ1n) is 9.40. The van der Waals surface area contributed by atoms with Gasteiger partial charge < -0.3 is 15.0 Å². The second-order valence-electron chi connectivity index (χ2n) is 7.67. The molecule has 1 N–H and O–H groups in total. The Bertz CT molecular complexity index is 609. The lowest BCUT2D eigenvalue weighted by Gasteiger charge is -2.33. The molecule has 0 aromatic heterocycles. The summed E-state index contributed by atoms with van der Waals surface area (Å²) in [5.41, 5.74) is 1.33. The molecule has 0 bridgehead atoms. The van der Waals surface area contributed by atoms with E-state index in [1.54, 1.807) is 0 Å². The van der Waals surface area contributed by atoms with Crippen LogP contribution in [0.3, 0.4) is 0 Å². The molecule has 1 spiro atoms. The molecule has 24 heavy (non-hydrogen) atoms. The molecule has 2 fully saturated rings. The molecule has 4 heteroatoms. The number of hydrogen-bond acceptors (Lipinski definition) is 3. The topological polar surface area (TPSA) is 41.6 Å². The zero-order valence-electron chi connectivity index (χ0n) is 14.6. The molecule has 3 aliphatic rings. The predicted molar refractivity (Wildman–Crippen MR) is 94.2 cm³/mol. The van der Waals surface area contributed by atoms with Gasteiger partial charge in [-0.1, -0.05) is 18.2 Å². The van der Waals surface area contributed by atoms with Crippen LogP contribution in [-0.2, 0) is 10.2 Å². The van der Waals surface area contributed by atoms with E-state index in [0.29, 0.717) is 5.91 Å². The fraction of sp³-hybridized carbons (Fsp3) is 0.650. The van der Waals surface area contributed by atoms with Crippen molar-refractivity contribution in [1.82, 2.24) is 10.2 Å². The third kappa shape index (κ3) is 2.71. The van der Waals surface area contributed by atoms with Gasteiger partial charge in [-0.05, 0) is 57.7 Å². The zero-order valence-corrected chi connectivity index (χ0v) is 14.6. The van der Waals surface area contributed by atoms with E-state index in [0.717, 1.165) is 63.6 Å². The summed E-state index contributed by atoms with van der Waals surface area (Å²) in [5, 5.41) is 3.23. The number of fused-ring (bicyclic) bond motifs is 2. The van der Waals surface area contributed by atoms with Gasteiger partial charge in [0, 0.05) is 30.0 Å². The summed E-state index contributed by atoms with van der Waals surface area (Å²) < 4.78 is 5.79. The van der Waals surface area contributed by atoms with Crippen molar-refractivity contribution in [2.45, 2.75) is 37.5 Å². The van der Waals surface area contributed by atoms with Crippen molar-refractivity contribution in [3.63, 3.8) is 0 Å². The van der Waals surface area contributed by atoms with Crippen molar-refractivity contribution in [3.05, 3.63) is 29.8 Å². The van der Waals surface area contributed by atoms with Gasteiger partial charge in [-0.2, -0.15) is 0 Å². The summed E-state index contributed by atoms with van der Waals surface area (Å²) in [6, 6.07) is 8.30. The van der Waals surface area contributed by atoms with Crippen LogP contribution in [0.4, 0.5) is 0 Å².